The Bertz CT molecular complexity index is 883. The molecule has 1 aromatic carbocycles. The Kier molecular flexibility index (Phi) is 5.56. The molecule has 1 spiro atoms. The van der Waals surface area contributed by atoms with Gasteiger partial charge in [0.2, 0.25) is 11.8 Å². The molecule has 3 aliphatic heterocycles. The van der Waals surface area contributed by atoms with Crippen molar-refractivity contribution in [3.63, 3.8) is 0 Å². The lowest BCUT2D eigenvalue weighted by molar-refractivity contribution is -0.136. The minimum atomic E-state index is -0.552. The second kappa shape index (κ2) is 8.36. The molecule has 7 nitrogen and oxygen atoms in total. The zero-order valence-electron chi connectivity index (χ0n) is 18.0. The topological polar surface area (TPSA) is 90.5 Å². The van der Waals surface area contributed by atoms with Crippen LogP contribution in [0.3, 0.4) is 0 Å². The third-order valence-electron chi connectivity index (χ3n) is 7.90. The van der Waals surface area contributed by atoms with Gasteiger partial charge < -0.3 is 15.5 Å². The number of hydrogen-bond acceptors (Lipinski definition) is 5. The molecule has 4 aliphatic rings. The van der Waals surface area contributed by atoms with Gasteiger partial charge in [0.15, 0.2) is 0 Å². The van der Waals surface area contributed by atoms with Crippen LogP contribution in [-0.2, 0) is 22.7 Å². The monoisotopic (exact) mass is 424 g/mol. The molecule has 1 atom stereocenters. The summed E-state index contributed by atoms with van der Waals surface area (Å²) < 4.78 is 0. The molecule has 31 heavy (non-hydrogen) atoms. The minimum Gasteiger partial charge on any atom is -0.322 e. The summed E-state index contributed by atoms with van der Waals surface area (Å²) in [6.07, 6.45) is 8.40. The number of carbonyl (C=O) groups excluding carboxylic acids is 3. The molecular weight excluding hydrogens is 392 g/mol. The summed E-state index contributed by atoms with van der Waals surface area (Å²) >= 11 is 0. The number of carbonyl (C=O) groups is 3. The highest BCUT2D eigenvalue weighted by Gasteiger charge is 2.39. The summed E-state index contributed by atoms with van der Waals surface area (Å²) in [5.74, 6) is -0.715. The van der Waals surface area contributed by atoms with Crippen molar-refractivity contribution in [2.24, 2.45) is 5.41 Å². The van der Waals surface area contributed by atoms with Gasteiger partial charge in [-0.3, -0.25) is 19.7 Å². The Morgan fingerprint density at radius 3 is 2.55 bits per heavy atom. The van der Waals surface area contributed by atoms with Crippen LogP contribution >= 0.6 is 0 Å². The van der Waals surface area contributed by atoms with E-state index in [9.17, 15) is 14.4 Å². The van der Waals surface area contributed by atoms with Crippen LogP contribution in [-0.4, -0.2) is 47.8 Å². The van der Waals surface area contributed by atoms with Gasteiger partial charge in [-0.2, -0.15) is 0 Å². The maximum atomic E-state index is 13.0. The van der Waals surface area contributed by atoms with Crippen molar-refractivity contribution in [1.29, 1.82) is 0 Å². The second-order valence-corrected chi connectivity index (χ2v) is 9.80. The summed E-state index contributed by atoms with van der Waals surface area (Å²) in [5, 5.41) is 9.55. The number of hydrogen-bond donors (Lipinski definition) is 3. The normalized spacial score (nSPS) is 26.3. The third kappa shape index (κ3) is 4.13. The van der Waals surface area contributed by atoms with Crippen LogP contribution in [0.2, 0.25) is 0 Å². The van der Waals surface area contributed by atoms with Gasteiger partial charge in [-0.05, 0) is 80.6 Å². The van der Waals surface area contributed by atoms with E-state index in [4.69, 9.17) is 0 Å². The molecule has 1 unspecified atom stereocenters. The standard InChI is InChI=1S/C24H32N4O3/c29-21-4-3-20(22(30)27-21)28-15-17-2-1-16(13-19(17)23(28)31)14-26-18-5-7-24(8-6-18)9-11-25-12-10-24/h1-2,13,18,20,25-26H,3-12,14-15H2,(H,27,29,30). The predicted octanol–water partition coefficient (Wildman–Crippen LogP) is 1.85. The number of nitrogens with zero attached hydrogens (tertiary/aromatic N) is 1. The molecule has 1 aliphatic carbocycles. The van der Waals surface area contributed by atoms with E-state index < -0.39 is 6.04 Å². The van der Waals surface area contributed by atoms with Crippen molar-refractivity contribution in [1.82, 2.24) is 20.9 Å². The number of nitrogens with one attached hydrogen (secondary N) is 3. The minimum absolute atomic E-state index is 0.100. The molecule has 2 saturated heterocycles. The highest BCUT2D eigenvalue weighted by atomic mass is 16.2. The smallest absolute Gasteiger partial charge is 0.255 e. The maximum Gasteiger partial charge on any atom is 0.255 e. The molecule has 0 aromatic heterocycles. The number of amides is 3. The molecule has 3 heterocycles. The zero-order valence-corrected chi connectivity index (χ0v) is 18.0. The van der Waals surface area contributed by atoms with E-state index in [0.717, 1.165) is 30.8 Å². The lowest BCUT2D eigenvalue weighted by Crippen LogP contribution is -2.52. The van der Waals surface area contributed by atoms with Crippen LogP contribution in [0.1, 0.15) is 72.9 Å². The Morgan fingerprint density at radius 2 is 1.81 bits per heavy atom. The lowest BCUT2D eigenvalue weighted by atomic mass is 9.67. The number of benzene rings is 1. The fourth-order valence-corrected chi connectivity index (χ4v) is 5.87. The Balaban J connectivity index is 1.18. The number of piperidine rings is 2. The van der Waals surface area contributed by atoms with Gasteiger partial charge in [-0.1, -0.05) is 12.1 Å². The number of fused-ring (bicyclic) bond motifs is 1. The van der Waals surface area contributed by atoms with Crippen LogP contribution in [0.15, 0.2) is 18.2 Å². The first kappa shape index (κ1) is 20.6. The van der Waals surface area contributed by atoms with Crippen LogP contribution in [0.4, 0.5) is 0 Å². The quantitative estimate of drug-likeness (QED) is 0.642. The average Bonchev–Trinajstić information content (AvgIpc) is 3.10. The van der Waals surface area contributed by atoms with E-state index in [-0.39, 0.29) is 24.1 Å². The lowest BCUT2D eigenvalue weighted by Gasteiger charge is -2.43. The fourth-order valence-electron chi connectivity index (χ4n) is 5.87. The summed E-state index contributed by atoms with van der Waals surface area (Å²) in [5.41, 5.74) is 3.34. The fraction of sp³-hybridized carbons (Fsp3) is 0.625. The first-order valence-electron chi connectivity index (χ1n) is 11.7. The zero-order chi connectivity index (χ0) is 21.4. The Hall–Kier alpha value is -2.25. The molecule has 166 valence electrons. The van der Waals surface area contributed by atoms with E-state index in [1.807, 2.05) is 12.1 Å². The van der Waals surface area contributed by atoms with E-state index in [2.05, 4.69) is 22.0 Å². The SMILES string of the molecule is O=C1CCC(N2Cc3ccc(CNC4CCC5(CCNCC5)CC4)cc3C2=O)C(=O)N1. The summed E-state index contributed by atoms with van der Waals surface area (Å²) in [4.78, 5) is 38.2. The van der Waals surface area contributed by atoms with Crippen LogP contribution in [0.25, 0.3) is 0 Å². The Labute approximate surface area is 183 Å². The number of imide groups is 1. The second-order valence-electron chi connectivity index (χ2n) is 9.80. The van der Waals surface area contributed by atoms with Gasteiger partial charge in [-0.25, -0.2) is 0 Å². The van der Waals surface area contributed by atoms with Gasteiger partial charge in [-0.15, -0.1) is 0 Å². The molecule has 1 aromatic rings. The van der Waals surface area contributed by atoms with Gasteiger partial charge in [0.25, 0.3) is 5.91 Å². The van der Waals surface area contributed by atoms with Gasteiger partial charge in [0.1, 0.15) is 6.04 Å². The largest absolute Gasteiger partial charge is 0.322 e. The Morgan fingerprint density at radius 1 is 1.03 bits per heavy atom. The van der Waals surface area contributed by atoms with Crippen molar-refractivity contribution < 1.29 is 14.4 Å². The van der Waals surface area contributed by atoms with Crippen molar-refractivity contribution in [2.75, 3.05) is 13.1 Å². The molecule has 3 N–H and O–H groups in total. The predicted molar refractivity (Wildman–Crippen MR) is 116 cm³/mol. The molecule has 7 heteroatoms. The van der Waals surface area contributed by atoms with Gasteiger partial charge in [0, 0.05) is 31.1 Å². The van der Waals surface area contributed by atoms with Crippen molar-refractivity contribution in [3.8, 4) is 0 Å². The first-order chi connectivity index (χ1) is 15.0. The molecule has 5 rings (SSSR count). The molecule has 3 fully saturated rings. The first-order valence-corrected chi connectivity index (χ1v) is 11.7. The maximum absolute atomic E-state index is 13.0. The summed E-state index contributed by atoms with van der Waals surface area (Å²) in [6, 6.07) is 6.08. The van der Waals surface area contributed by atoms with E-state index in [1.165, 1.54) is 38.5 Å². The highest BCUT2D eigenvalue weighted by molar-refractivity contribution is 6.05. The summed E-state index contributed by atoms with van der Waals surface area (Å²) in [6.45, 7) is 3.53. The molecule has 0 radical (unpaired) electrons. The molecule has 0 bridgehead atoms. The molecule has 1 saturated carbocycles. The van der Waals surface area contributed by atoms with Gasteiger partial charge in [0.05, 0.1) is 0 Å². The van der Waals surface area contributed by atoms with Crippen molar-refractivity contribution >= 4 is 17.7 Å². The summed E-state index contributed by atoms with van der Waals surface area (Å²) in [7, 11) is 0. The molecule has 3 amide bonds. The van der Waals surface area contributed by atoms with Crippen molar-refractivity contribution in [3.05, 3.63) is 34.9 Å². The molecular formula is C24H32N4O3. The van der Waals surface area contributed by atoms with E-state index in [1.54, 1.807) is 4.90 Å². The van der Waals surface area contributed by atoms with Crippen molar-refractivity contribution in [2.45, 2.75) is 76.5 Å². The highest BCUT2D eigenvalue weighted by Crippen LogP contribution is 2.43. The van der Waals surface area contributed by atoms with Crippen LogP contribution < -0.4 is 16.0 Å². The van der Waals surface area contributed by atoms with E-state index in [0.29, 0.717) is 30.0 Å². The van der Waals surface area contributed by atoms with E-state index >= 15 is 0 Å². The van der Waals surface area contributed by atoms with Crippen LogP contribution in [0, 0.1) is 5.41 Å². The van der Waals surface area contributed by atoms with Crippen LogP contribution in [0.5, 0.6) is 0 Å². The van der Waals surface area contributed by atoms with Gasteiger partial charge >= 0.3 is 0 Å². The third-order valence-corrected chi connectivity index (χ3v) is 7.90. The number of rotatable bonds is 4. The average molecular weight is 425 g/mol.